The van der Waals surface area contributed by atoms with Gasteiger partial charge in [-0.05, 0) is 24.3 Å². The molecule has 0 atom stereocenters. The summed E-state index contributed by atoms with van der Waals surface area (Å²) in [6, 6.07) is 12.9. The highest BCUT2D eigenvalue weighted by molar-refractivity contribution is 8.77. The quantitative estimate of drug-likeness (QED) is 0.526. The average Bonchev–Trinajstić information content (AvgIpc) is 3.24. The second kappa shape index (κ2) is 6.87. The molecule has 2 heterocycles. The molecule has 0 fully saturated rings. The molecule has 0 radical (unpaired) electrons. The molecule has 10 heteroatoms. The fourth-order valence-electron chi connectivity index (χ4n) is 2.13. The zero-order chi connectivity index (χ0) is 16.5. The minimum Gasteiger partial charge on any atom is -0.206 e. The lowest BCUT2D eigenvalue weighted by Gasteiger charge is -2.28. The van der Waals surface area contributed by atoms with Gasteiger partial charge in [0.2, 0.25) is 0 Å². The minimum absolute atomic E-state index is 0.356. The number of hydrogen-bond acceptors (Lipinski definition) is 8. The van der Waals surface area contributed by atoms with Crippen LogP contribution in [-0.4, -0.2) is 20.5 Å². The van der Waals surface area contributed by atoms with Crippen LogP contribution in [0.2, 0.25) is 0 Å². The Kier molecular flexibility index (Phi) is 4.61. The highest BCUT2D eigenvalue weighted by Gasteiger charge is 2.36. The van der Waals surface area contributed by atoms with Crippen molar-refractivity contribution in [2.75, 3.05) is 0 Å². The number of halogens is 2. The Morgan fingerprint density at radius 3 is 1.50 bits per heavy atom. The van der Waals surface area contributed by atoms with Crippen LogP contribution in [0.3, 0.4) is 0 Å². The van der Waals surface area contributed by atoms with Crippen molar-refractivity contribution in [3.63, 3.8) is 0 Å². The molecule has 2 aromatic rings. The summed E-state index contributed by atoms with van der Waals surface area (Å²) in [5.41, 5.74) is 0.778. The zero-order valence-electron chi connectivity index (χ0n) is 11.8. The van der Waals surface area contributed by atoms with Crippen LogP contribution in [0.1, 0.15) is 11.1 Å². The summed E-state index contributed by atoms with van der Waals surface area (Å²) in [5.74, 6) is 0.209. The van der Waals surface area contributed by atoms with Crippen molar-refractivity contribution in [3.8, 4) is 0 Å². The van der Waals surface area contributed by atoms with Crippen molar-refractivity contribution in [3.05, 3.63) is 71.3 Å². The van der Waals surface area contributed by atoms with E-state index in [9.17, 15) is 8.78 Å². The third-order valence-electron chi connectivity index (χ3n) is 3.21. The molecule has 0 spiro atoms. The topological polar surface area (TPSA) is 31.2 Å². The van der Waals surface area contributed by atoms with Crippen molar-refractivity contribution in [1.82, 2.24) is 8.83 Å². The van der Waals surface area contributed by atoms with E-state index in [1.54, 1.807) is 45.2 Å². The first kappa shape index (κ1) is 16.1. The Balaban J connectivity index is 1.69. The van der Waals surface area contributed by atoms with Crippen LogP contribution in [0.25, 0.3) is 0 Å². The Labute approximate surface area is 153 Å². The van der Waals surface area contributed by atoms with Gasteiger partial charge < -0.3 is 0 Å². The van der Waals surface area contributed by atoms with Gasteiger partial charge in [0.05, 0.1) is 55.0 Å². The number of rotatable bonds is 3. The summed E-state index contributed by atoms with van der Waals surface area (Å²) in [6.45, 7) is 0. The summed E-state index contributed by atoms with van der Waals surface area (Å²) < 4.78 is 40.3. The highest BCUT2D eigenvalue weighted by atomic mass is 33.1. The van der Waals surface area contributed by atoms with Crippen LogP contribution in [0.4, 0.5) is 8.78 Å². The summed E-state index contributed by atoms with van der Waals surface area (Å²) in [4.78, 5) is 0. The van der Waals surface area contributed by atoms with Gasteiger partial charge in [0.15, 0.2) is 11.7 Å². The molecule has 4 rings (SSSR count). The minimum atomic E-state index is -0.356. The highest BCUT2D eigenvalue weighted by Crippen LogP contribution is 2.47. The summed E-state index contributed by atoms with van der Waals surface area (Å²) >= 11 is 0. The first-order chi connectivity index (χ1) is 11.8. The predicted octanol–water partition coefficient (Wildman–Crippen LogP) is 5.13. The van der Waals surface area contributed by atoms with E-state index in [2.05, 4.69) is 8.80 Å². The molecular formula is C14H8F2N4S4. The molecule has 4 nitrogen and oxygen atoms in total. The lowest BCUT2D eigenvalue weighted by Crippen LogP contribution is -2.39. The first-order valence-electron chi connectivity index (χ1n) is 6.69. The van der Waals surface area contributed by atoms with E-state index < -0.39 is 0 Å². The normalized spacial score (nSPS) is 17.2. The fourth-order valence-corrected chi connectivity index (χ4v) is 5.89. The molecule has 0 saturated heterocycles. The number of hydrogen-bond donors (Lipinski definition) is 0. The number of hydrazine groups is 1. The van der Waals surface area contributed by atoms with Crippen LogP contribution in [-0.2, 0) is 0 Å². The zero-order valence-corrected chi connectivity index (χ0v) is 15.1. The van der Waals surface area contributed by atoms with Gasteiger partial charge in [-0.1, -0.05) is 24.3 Å². The number of nitrogens with zero attached hydrogens (tertiary/aromatic N) is 4. The van der Waals surface area contributed by atoms with Crippen molar-refractivity contribution in [1.29, 1.82) is 0 Å². The van der Waals surface area contributed by atoms with Crippen LogP contribution in [0.5, 0.6) is 0 Å². The third kappa shape index (κ3) is 2.87. The average molecular weight is 399 g/mol. The standard InChI is InChI=1S/C14H8F2N4S4/c15-11-7-3-1-5-9(11)13-17-21-23-19(13)20-14(18-22-24-20)10-6-2-4-8-12(10)16/h1-8H. The van der Waals surface area contributed by atoms with Gasteiger partial charge in [-0.25, -0.2) is 8.78 Å². The Bertz CT molecular complexity index is 776. The largest absolute Gasteiger partial charge is 0.206 e. The maximum absolute atomic E-state index is 14.1. The molecule has 0 aliphatic carbocycles. The molecule has 0 bridgehead atoms. The third-order valence-corrected chi connectivity index (χ3v) is 6.59. The molecule has 0 aromatic heterocycles. The van der Waals surface area contributed by atoms with E-state index in [1.807, 2.05) is 0 Å². The lowest BCUT2D eigenvalue weighted by molar-refractivity contribution is 0.440. The van der Waals surface area contributed by atoms with Crippen molar-refractivity contribution < 1.29 is 8.78 Å². The molecular weight excluding hydrogens is 390 g/mol. The van der Waals surface area contributed by atoms with E-state index in [-0.39, 0.29) is 11.6 Å². The van der Waals surface area contributed by atoms with E-state index in [4.69, 9.17) is 0 Å². The molecule has 0 unspecified atom stereocenters. The van der Waals surface area contributed by atoms with E-state index in [0.717, 1.165) is 0 Å². The van der Waals surface area contributed by atoms with Gasteiger partial charge in [0, 0.05) is 0 Å². The first-order valence-corrected chi connectivity index (χ1v) is 10.8. The van der Waals surface area contributed by atoms with Crippen LogP contribution in [0.15, 0.2) is 57.3 Å². The number of benzene rings is 2. The smallest absolute Gasteiger partial charge is 0.179 e. The summed E-state index contributed by atoms with van der Waals surface area (Å²) in [6.07, 6.45) is 0. The molecule has 122 valence electrons. The van der Waals surface area contributed by atoms with Gasteiger partial charge in [0.25, 0.3) is 0 Å². The molecule has 24 heavy (non-hydrogen) atoms. The monoisotopic (exact) mass is 398 g/mol. The molecule has 2 aliphatic rings. The van der Waals surface area contributed by atoms with Gasteiger partial charge in [-0.15, -0.1) is 0 Å². The Hall–Kier alpha value is -1.36. The summed E-state index contributed by atoms with van der Waals surface area (Å²) in [5, 5.41) is 0. The van der Waals surface area contributed by atoms with Gasteiger partial charge in [-0.3, -0.25) is 0 Å². The van der Waals surface area contributed by atoms with E-state index in [0.29, 0.717) is 22.8 Å². The van der Waals surface area contributed by atoms with Gasteiger partial charge >= 0.3 is 0 Å². The van der Waals surface area contributed by atoms with Crippen LogP contribution < -0.4 is 0 Å². The van der Waals surface area contributed by atoms with Crippen LogP contribution >= 0.6 is 43.9 Å². The van der Waals surface area contributed by atoms with Gasteiger partial charge in [-0.2, -0.15) is 17.6 Å². The Morgan fingerprint density at radius 2 is 1.08 bits per heavy atom. The summed E-state index contributed by atoms with van der Waals surface area (Å²) in [7, 11) is 5.11. The molecule has 0 amide bonds. The SMILES string of the molecule is Fc1ccccc1C1=NSSN1N1SSN=C1c1ccccc1F. The molecule has 2 aromatic carbocycles. The predicted molar refractivity (Wildman–Crippen MR) is 99.9 cm³/mol. The van der Waals surface area contributed by atoms with Gasteiger partial charge in [0.1, 0.15) is 11.6 Å². The molecule has 2 aliphatic heterocycles. The molecule has 0 N–H and O–H groups in total. The second-order valence-corrected chi connectivity index (χ2v) is 8.08. The van der Waals surface area contributed by atoms with E-state index in [1.165, 1.54) is 56.1 Å². The molecule has 0 saturated carbocycles. The number of amidine groups is 2. The fraction of sp³-hybridized carbons (Fsp3) is 0. The Morgan fingerprint density at radius 1 is 0.667 bits per heavy atom. The maximum Gasteiger partial charge on any atom is 0.179 e. The maximum atomic E-state index is 14.1. The lowest BCUT2D eigenvalue weighted by atomic mass is 10.2. The van der Waals surface area contributed by atoms with Crippen molar-refractivity contribution >= 4 is 55.6 Å². The van der Waals surface area contributed by atoms with Crippen molar-refractivity contribution in [2.45, 2.75) is 0 Å². The van der Waals surface area contributed by atoms with E-state index >= 15 is 0 Å². The van der Waals surface area contributed by atoms with Crippen LogP contribution in [0, 0.1) is 11.6 Å². The van der Waals surface area contributed by atoms with Crippen molar-refractivity contribution in [2.24, 2.45) is 8.80 Å². The second-order valence-electron chi connectivity index (χ2n) is 4.63.